The first kappa shape index (κ1) is 25.0. The Morgan fingerprint density at radius 1 is 0.743 bits per heavy atom. The Labute approximate surface area is 207 Å². The SMILES string of the molecule is C=CC[C@@H]1O[C@H](COCc2ccccc2)[C@@H](OCc2ccccc2)[C@H](OCc2ccccc2)C1=O. The maximum Gasteiger partial charge on any atom is 0.193 e. The topological polar surface area (TPSA) is 54.0 Å². The van der Waals surface area contributed by atoms with E-state index in [1.807, 2.05) is 91.0 Å². The van der Waals surface area contributed by atoms with Crippen molar-refractivity contribution in [3.05, 3.63) is 120 Å². The molecule has 1 fully saturated rings. The van der Waals surface area contributed by atoms with Crippen molar-refractivity contribution in [2.75, 3.05) is 6.61 Å². The fourth-order valence-electron chi connectivity index (χ4n) is 4.12. The highest BCUT2D eigenvalue weighted by Crippen LogP contribution is 2.27. The summed E-state index contributed by atoms with van der Waals surface area (Å²) in [6, 6.07) is 29.7. The molecule has 1 aliphatic rings. The summed E-state index contributed by atoms with van der Waals surface area (Å²) in [7, 11) is 0. The van der Waals surface area contributed by atoms with Crippen LogP contribution >= 0.6 is 0 Å². The molecule has 1 heterocycles. The van der Waals surface area contributed by atoms with E-state index in [4.69, 9.17) is 18.9 Å². The van der Waals surface area contributed by atoms with Crippen LogP contribution in [0.3, 0.4) is 0 Å². The molecule has 0 aromatic heterocycles. The summed E-state index contributed by atoms with van der Waals surface area (Å²) in [5, 5.41) is 0. The first-order valence-corrected chi connectivity index (χ1v) is 12.0. The fourth-order valence-corrected chi connectivity index (χ4v) is 4.12. The Bertz CT molecular complexity index is 1040. The van der Waals surface area contributed by atoms with E-state index in [0.717, 1.165) is 16.7 Å². The monoisotopic (exact) mass is 472 g/mol. The maximum atomic E-state index is 13.4. The molecule has 0 radical (unpaired) electrons. The number of carbonyl (C=O) groups excluding carboxylic acids is 1. The summed E-state index contributed by atoms with van der Waals surface area (Å²) >= 11 is 0. The Hall–Kier alpha value is -3.09. The van der Waals surface area contributed by atoms with Crippen LogP contribution in [0.5, 0.6) is 0 Å². The lowest BCUT2D eigenvalue weighted by Gasteiger charge is -2.40. The minimum atomic E-state index is -0.775. The average molecular weight is 473 g/mol. The minimum Gasteiger partial charge on any atom is -0.374 e. The maximum absolute atomic E-state index is 13.4. The van der Waals surface area contributed by atoms with Gasteiger partial charge in [-0.2, -0.15) is 0 Å². The largest absolute Gasteiger partial charge is 0.374 e. The van der Waals surface area contributed by atoms with Gasteiger partial charge >= 0.3 is 0 Å². The van der Waals surface area contributed by atoms with E-state index in [0.29, 0.717) is 26.2 Å². The van der Waals surface area contributed by atoms with Crippen LogP contribution in [0.4, 0.5) is 0 Å². The van der Waals surface area contributed by atoms with Crippen molar-refractivity contribution >= 4 is 5.78 Å². The highest BCUT2D eigenvalue weighted by atomic mass is 16.6. The number of hydrogen-bond donors (Lipinski definition) is 0. The van der Waals surface area contributed by atoms with Gasteiger partial charge in [0.1, 0.15) is 24.4 Å². The summed E-state index contributed by atoms with van der Waals surface area (Å²) in [6.07, 6.45) is -0.388. The molecule has 0 bridgehead atoms. The molecule has 0 spiro atoms. The molecule has 1 saturated heterocycles. The first-order chi connectivity index (χ1) is 17.2. The Kier molecular flexibility index (Phi) is 9.38. The second-order valence-electron chi connectivity index (χ2n) is 8.57. The molecular weight excluding hydrogens is 440 g/mol. The fraction of sp³-hybridized carbons (Fsp3) is 0.300. The van der Waals surface area contributed by atoms with Gasteiger partial charge in [0, 0.05) is 0 Å². The minimum absolute atomic E-state index is 0.127. The van der Waals surface area contributed by atoms with Gasteiger partial charge in [-0.05, 0) is 23.1 Å². The number of benzene rings is 3. The summed E-state index contributed by atoms with van der Waals surface area (Å²) in [6.45, 7) is 5.17. The molecular formula is C30H32O5. The number of carbonyl (C=O) groups is 1. The third kappa shape index (κ3) is 7.20. The molecule has 35 heavy (non-hydrogen) atoms. The van der Waals surface area contributed by atoms with Gasteiger partial charge < -0.3 is 18.9 Å². The number of rotatable bonds is 12. The van der Waals surface area contributed by atoms with Crippen LogP contribution in [0.25, 0.3) is 0 Å². The lowest BCUT2D eigenvalue weighted by atomic mass is 9.94. The molecule has 5 nitrogen and oxygen atoms in total. The zero-order chi connectivity index (χ0) is 24.3. The Morgan fingerprint density at radius 2 is 1.26 bits per heavy atom. The predicted molar refractivity (Wildman–Crippen MR) is 135 cm³/mol. The van der Waals surface area contributed by atoms with Crippen LogP contribution in [0, 0.1) is 0 Å². The average Bonchev–Trinajstić information content (AvgIpc) is 2.90. The standard InChI is InChI=1S/C30H32O5/c1-2-12-26-28(31)30(34-21-25-17-10-5-11-18-25)29(33-20-24-15-8-4-9-16-24)27(35-26)22-32-19-23-13-6-3-7-14-23/h2-11,13-18,26-27,29-30H,1,12,19-22H2/t26-,27+,29+,30+/m0/s1. The van der Waals surface area contributed by atoms with Gasteiger partial charge in [-0.15, -0.1) is 6.58 Å². The van der Waals surface area contributed by atoms with E-state index in [2.05, 4.69) is 6.58 Å². The van der Waals surface area contributed by atoms with E-state index < -0.39 is 24.4 Å². The van der Waals surface area contributed by atoms with Gasteiger partial charge in [-0.25, -0.2) is 0 Å². The molecule has 0 aliphatic carbocycles. The number of Topliss-reactive ketones (excluding diaryl/α,β-unsaturated/α-hetero) is 1. The zero-order valence-electron chi connectivity index (χ0n) is 19.8. The number of hydrogen-bond acceptors (Lipinski definition) is 5. The van der Waals surface area contributed by atoms with Crippen molar-refractivity contribution in [3.8, 4) is 0 Å². The van der Waals surface area contributed by atoms with Gasteiger partial charge in [-0.1, -0.05) is 97.1 Å². The van der Waals surface area contributed by atoms with Crippen molar-refractivity contribution in [2.24, 2.45) is 0 Å². The molecule has 0 unspecified atom stereocenters. The van der Waals surface area contributed by atoms with Crippen molar-refractivity contribution in [3.63, 3.8) is 0 Å². The molecule has 3 aromatic carbocycles. The van der Waals surface area contributed by atoms with Crippen molar-refractivity contribution in [2.45, 2.75) is 50.7 Å². The van der Waals surface area contributed by atoms with Crippen LogP contribution in [-0.2, 0) is 43.6 Å². The van der Waals surface area contributed by atoms with Crippen LogP contribution in [0.1, 0.15) is 23.1 Å². The van der Waals surface area contributed by atoms with Crippen LogP contribution in [0.2, 0.25) is 0 Å². The molecule has 1 aliphatic heterocycles. The molecule has 3 aromatic rings. The molecule has 0 amide bonds. The summed E-state index contributed by atoms with van der Waals surface area (Å²) in [5.74, 6) is -0.127. The molecule has 182 valence electrons. The molecule has 0 saturated carbocycles. The van der Waals surface area contributed by atoms with E-state index >= 15 is 0 Å². The third-order valence-corrected chi connectivity index (χ3v) is 5.93. The van der Waals surface area contributed by atoms with E-state index in [1.54, 1.807) is 6.08 Å². The molecule has 5 heteroatoms. The van der Waals surface area contributed by atoms with Gasteiger partial charge in [0.25, 0.3) is 0 Å². The second-order valence-corrected chi connectivity index (χ2v) is 8.57. The van der Waals surface area contributed by atoms with Crippen LogP contribution in [0.15, 0.2) is 104 Å². The number of ketones is 1. The lowest BCUT2D eigenvalue weighted by Crippen LogP contribution is -2.58. The van der Waals surface area contributed by atoms with Gasteiger partial charge in [-0.3, -0.25) is 4.79 Å². The zero-order valence-corrected chi connectivity index (χ0v) is 19.8. The summed E-state index contributed by atoms with van der Waals surface area (Å²) < 4.78 is 24.7. The smallest absolute Gasteiger partial charge is 0.193 e. The van der Waals surface area contributed by atoms with Gasteiger partial charge in [0.05, 0.1) is 26.4 Å². The van der Waals surface area contributed by atoms with Gasteiger partial charge in [0.15, 0.2) is 5.78 Å². The molecule has 4 atom stereocenters. The van der Waals surface area contributed by atoms with E-state index in [-0.39, 0.29) is 12.4 Å². The second kappa shape index (κ2) is 13.1. The number of ether oxygens (including phenoxy) is 4. The van der Waals surface area contributed by atoms with E-state index in [9.17, 15) is 4.79 Å². The Balaban J connectivity index is 1.51. The quantitative estimate of drug-likeness (QED) is 0.336. The first-order valence-electron chi connectivity index (χ1n) is 12.0. The lowest BCUT2D eigenvalue weighted by molar-refractivity contribution is -0.213. The normalized spacial score (nSPS) is 22.1. The highest BCUT2D eigenvalue weighted by molar-refractivity contribution is 5.89. The summed E-state index contributed by atoms with van der Waals surface area (Å²) in [5.41, 5.74) is 3.07. The van der Waals surface area contributed by atoms with E-state index in [1.165, 1.54) is 0 Å². The van der Waals surface area contributed by atoms with Crippen molar-refractivity contribution in [1.82, 2.24) is 0 Å². The molecule has 0 N–H and O–H groups in total. The summed E-state index contributed by atoms with van der Waals surface area (Å²) in [4.78, 5) is 13.4. The van der Waals surface area contributed by atoms with Crippen molar-refractivity contribution in [1.29, 1.82) is 0 Å². The van der Waals surface area contributed by atoms with Gasteiger partial charge in [0.2, 0.25) is 0 Å². The van der Waals surface area contributed by atoms with Crippen LogP contribution < -0.4 is 0 Å². The highest BCUT2D eigenvalue weighted by Gasteiger charge is 2.46. The molecule has 4 rings (SSSR count). The van der Waals surface area contributed by atoms with Crippen LogP contribution in [-0.4, -0.2) is 36.8 Å². The van der Waals surface area contributed by atoms with Crippen molar-refractivity contribution < 1.29 is 23.7 Å². The third-order valence-electron chi connectivity index (χ3n) is 5.93. The Morgan fingerprint density at radius 3 is 1.80 bits per heavy atom. The predicted octanol–water partition coefficient (Wildman–Crippen LogP) is 5.29.